The summed E-state index contributed by atoms with van der Waals surface area (Å²) in [7, 11) is 0. The molecule has 0 amide bonds. The van der Waals surface area contributed by atoms with Crippen molar-refractivity contribution in [2.45, 2.75) is 33.7 Å². The highest BCUT2D eigenvalue weighted by Crippen LogP contribution is 2.19. The van der Waals surface area contributed by atoms with Gasteiger partial charge in [-0.2, -0.15) is 4.98 Å². The highest BCUT2D eigenvalue weighted by molar-refractivity contribution is 7.10. The number of rotatable bonds is 6. The minimum absolute atomic E-state index is 0.687. The fourth-order valence-corrected chi connectivity index (χ4v) is 2.82. The third-order valence-electron chi connectivity index (χ3n) is 2.84. The van der Waals surface area contributed by atoms with E-state index in [1.165, 1.54) is 10.4 Å². The molecule has 2 aromatic heterocycles. The molecule has 0 saturated carbocycles. The average Bonchev–Trinajstić information content (AvgIpc) is 2.83. The summed E-state index contributed by atoms with van der Waals surface area (Å²) < 4.78 is 0. The zero-order valence-corrected chi connectivity index (χ0v) is 12.5. The van der Waals surface area contributed by atoms with Gasteiger partial charge in [-0.3, -0.25) is 0 Å². The lowest BCUT2D eigenvalue weighted by Crippen LogP contribution is -2.07. The van der Waals surface area contributed by atoms with Crippen molar-refractivity contribution >= 4 is 23.1 Å². The van der Waals surface area contributed by atoms with E-state index in [1.54, 1.807) is 11.3 Å². The van der Waals surface area contributed by atoms with Gasteiger partial charge in [-0.25, -0.2) is 4.98 Å². The summed E-state index contributed by atoms with van der Waals surface area (Å²) >= 11 is 1.79. The van der Waals surface area contributed by atoms with Gasteiger partial charge in [0.1, 0.15) is 5.82 Å². The van der Waals surface area contributed by atoms with Crippen LogP contribution < -0.4 is 10.6 Å². The fourth-order valence-electron chi connectivity index (χ4n) is 1.90. The molecule has 0 fully saturated rings. The summed E-state index contributed by atoms with van der Waals surface area (Å²) in [5, 5.41) is 8.67. The largest absolute Gasteiger partial charge is 0.365 e. The van der Waals surface area contributed by atoms with Gasteiger partial charge >= 0.3 is 0 Å². The highest BCUT2D eigenvalue weighted by atomic mass is 32.1. The molecule has 0 aliphatic carbocycles. The van der Waals surface area contributed by atoms with E-state index in [-0.39, 0.29) is 0 Å². The van der Waals surface area contributed by atoms with Gasteiger partial charge in [0.2, 0.25) is 5.95 Å². The Morgan fingerprint density at radius 3 is 2.79 bits per heavy atom. The molecule has 0 spiro atoms. The molecule has 0 aliphatic rings. The molecule has 0 radical (unpaired) electrons. The number of thiophene rings is 1. The molecule has 2 heterocycles. The summed E-state index contributed by atoms with van der Waals surface area (Å²) in [6.45, 7) is 7.86. The number of nitrogens with one attached hydrogen (secondary N) is 2. The standard InChI is InChI=1S/C14H20N4S/c1-4-11-6-7-19-12(11)9-16-13-8-10(3)17-14(18-13)15-5-2/h6-8H,4-5,9H2,1-3H3,(H2,15,16,17,18). The predicted molar refractivity (Wildman–Crippen MR) is 82.0 cm³/mol. The van der Waals surface area contributed by atoms with Crippen molar-refractivity contribution in [1.29, 1.82) is 0 Å². The number of aromatic nitrogens is 2. The lowest BCUT2D eigenvalue weighted by molar-refractivity contribution is 1.02. The zero-order chi connectivity index (χ0) is 13.7. The molecule has 2 N–H and O–H groups in total. The van der Waals surface area contributed by atoms with Crippen LogP contribution in [-0.2, 0) is 13.0 Å². The Morgan fingerprint density at radius 2 is 2.05 bits per heavy atom. The summed E-state index contributed by atoms with van der Waals surface area (Å²) in [5.74, 6) is 1.56. The van der Waals surface area contributed by atoms with Crippen molar-refractivity contribution in [2.24, 2.45) is 0 Å². The van der Waals surface area contributed by atoms with Gasteiger partial charge in [-0.05, 0) is 37.3 Å². The second-order valence-corrected chi connectivity index (χ2v) is 5.33. The van der Waals surface area contributed by atoms with E-state index in [4.69, 9.17) is 0 Å². The van der Waals surface area contributed by atoms with Crippen molar-refractivity contribution < 1.29 is 0 Å². The predicted octanol–water partition coefficient (Wildman–Crippen LogP) is 3.45. The molecule has 0 unspecified atom stereocenters. The number of aryl methyl sites for hydroxylation is 2. The van der Waals surface area contributed by atoms with Crippen molar-refractivity contribution in [3.63, 3.8) is 0 Å². The quantitative estimate of drug-likeness (QED) is 0.848. The SMILES string of the molecule is CCNc1nc(C)cc(NCc2sccc2CC)n1. The van der Waals surface area contributed by atoms with Crippen LogP contribution in [0, 0.1) is 6.92 Å². The second kappa shape index (κ2) is 6.52. The zero-order valence-electron chi connectivity index (χ0n) is 11.7. The van der Waals surface area contributed by atoms with Crippen LogP contribution in [0.4, 0.5) is 11.8 Å². The number of nitrogens with zero attached hydrogens (tertiary/aromatic N) is 2. The summed E-state index contributed by atoms with van der Waals surface area (Å²) in [4.78, 5) is 10.2. The first-order valence-corrected chi connectivity index (χ1v) is 7.49. The molecule has 5 heteroatoms. The van der Waals surface area contributed by atoms with Gasteiger partial charge < -0.3 is 10.6 Å². The number of hydrogen-bond acceptors (Lipinski definition) is 5. The minimum Gasteiger partial charge on any atom is -0.365 e. The maximum absolute atomic E-state index is 4.45. The van der Waals surface area contributed by atoms with E-state index in [0.29, 0.717) is 5.95 Å². The van der Waals surface area contributed by atoms with Crippen LogP contribution in [0.2, 0.25) is 0 Å². The van der Waals surface area contributed by atoms with Gasteiger partial charge in [0.15, 0.2) is 0 Å². The minimum atomic E-state index is 0.687. The first-order chi connectivity index (χ1) is 9.22. The fraction of sp³-hybridized carbons (Fsp3) is 0.429. The molecule has 0 aromatic carbocycles. The van der Waals surface area contributed by atoms with Crippen LogP contribution in [0.3, 0.4) is 0 Å². The molecule has 2 rings (SSSR count). The maximum Gasteiger partial charge on any atom is 0.224 e. The number of hydrogen-bond donors (Lipinski definition) is 2. The van der Waals surface area contributed by atoms with E-state index < -0.39 is 0 Å². The molecule has 2 aromatic rings. The van der Waals surface area contributed by atoms with Crippen LogP contribution in [0.5, 0.6) is 0 Å². The molecule has 102 valence electrons. The monoisotopic (exact) mass is 276 g/mol. The van der Waals surface area contributed by atoms with Crippen LogP contribution in [0.15, 0.2) is 17.5 Å². The van der Waals surface area contributed by atoms with Crippen molar-refractivity contribution in [2.75, 3.05) is 17.2 Å². The Morgan fingerprint density at radius 1 is 1.21 bits per heavy atom. The molecule has 19 heavy (non-hydrogen) atoms. The molecular weight excluding hydrogens is 256 g/mol. The first kappa shape index (κ1) is 13.8. The second-order valence-electron chi connectivity index (χ2n) is 4.32. The Bertz CT molecular complexity index is 536. The van der Waals surface area contributed by atoms with Crippen LogP contribution in [-0.4, -0.2) is 16.5 Å². The Labute approximate surface area is 118 Å². The Balaban J connectivity index is 2.06. The summed E-state index contributed by atoms with van der Waals surface area (Å²) in [6.07, 6.45) is 1.08. The summed E-state index contributed by atoms with van der Waals surface area (Å²) in [5.41, 5.74) is 2.38. The van der Waals surface area contributed by atoms with Gasteiger partial charge in [0, 0.05) is 23.2 Å². The summed E-state index contributed by atoms with van der Waals surface area (Å²) in [6, 6.07) is 4.16. The lowest BCUT2D eigenvalue weighted by Gasteiger charge is -2.09. The number of anilines is 2. The maximum atomic E-state index is 4.45. The van der Waals surface area contributed by atoms with E-state index in [9.17, 15) is 0 Å². The van der Waals surface area contributed by atoms with Crippen molar-refractivity contribution in [3.05, 3.63) is 33.6 Å². The van der Waals surface area contributed by atoms with Crippen LogP contribution in [0.25, 0.3) is 0 Å². The smallest absolute Gasteiger partial charge is 0.224 e. The van der Waals surface area contributed by atoms with Crippen molar-refractivity contribution in [1.82, 2.24) is 9.97 Å². The molecule has 0 saturated heterocycles. The molecule has 0 bridgehead atoms. The van der Waals surface area contributed by atoms with E-state index in [0.717, 1.165) is 31.0 Å². The van der Waals surface area contributed by atoms with E-state index in [2.05, 4.69) is 39.0 Å². The molecule has 0 atom stereocenters. The average molecular weight is 276 g/mol. The molecule has 4 nitrogen and oxygen atoms in total. The topological polar surface area (TPSA) is 49.8 Å². The van der Waals surface area contributed by atoms with E-state index in [1.807, 2.05) is 19.9 Å². The van der Waals surface area contributed by atoms with Crippen LogP contribution in [0.1, 0.15) is 30.0 Å². The first-order valence-electron chi connectivity index (χ1n) is 6.61. The third kappa shape index (κ3) is 3.67. The highest BCUT2D eigenvalue weighted by Gasteiger charge is 2.04. The molecule has 0 aliphatic heterocycles. The van der Waals surface area contributed by atoms with Crippen molar-refractivity contribution in [3.8, 4) is 0 Å². The van der Waals surface area contributed by atoms with Gasteiger partial charge in [0.25, 0.3) is 0 Å². The van der Waals surface area contributed by atoms with Crippen LogP contribution >= 0.6 is 11.3 Å². The Hall–Kier alpha value is -1.62. The van der Waals surface area contributed by atoms with Gasteiger partial charge in [-0.1, -0.05) is 6.92 Å². The normalized spacial score (nSPS) is 10.5. The lowest BCUT2D eigenvalue weighted by atomic mass is 10.2. The van der Waals surface area contributed by atoms with Gasteiger partial charge in [-0.15, -0.1) is 11.3 Å². The third-order valence-corrected chi connectivity index (χ3v) is 3.80. The molecular formula is C14H20N4S. The van der Waals surface area contributed by atoms with Gasteiger partial charge in [0.05, 0.1) is 6.54 Å². The van der Waals surface area contributed by atoms with E-state index >= 15 is 0 Å². The Kier molecular flexibility index (Phi) is 4.74.